The molecule has 6 rings (SSSR count). The fourth-order valence-electron chi connectivity index (χ4n) is 5.55. The summed E-state index contributed by atoms with van der Waals surface area (Å²) < 4.78 is 23.6. The van der Waals surface area contributed by atoms with Gasteiger partial charge in [0, 0.05) is 22.4 Å². The van der Waals surface area contributed by atoms with E-state index in [0.717, 1.165) is 44.8 Å². The fourth-order valence-corrected chi connectivity index (χ4v) is 5.55. The number of hydrogen-bond acceptors (Lipinski definition) is 6. The SMILES string of the molecule is COc1ccc(Oc2cccc(/C=C3\Oc4ccc(O)c(OC)c4-c4ccc5c(c43)C(C)=CC(C)(C)N5)c2)cc1. The van der Waals surface area contributed by atoms with Crippen molar-refractivity contribution in [3.05, 3.63) is 95.6 Å². The molecule has 0 radical (unpaired) electrons. The largest absolute Gasteiger partial charge is 0.504 e. The predicted molar refractivity (Wildman–Crippen MR) is 159 cm³/mol. The lowest BCUT2D eigenvalue weighted by Gasteiger charge is -2.35. The second kappa shape index (κ2) is 9.72. The molecule has 202 valence electrons. The third kappa shape index (κ3) is 4.51. The zero-order valence-corrected chi connectivity index (χ0v) is 23.2. The molecule has 0 amide bonds. The summed E-state index contributed by atoms with van der Waals surface area (Å²) in [5.74, 6) is 3.96. The summed E-state index contributed by atoms with van der Waals surface area (Å²) in [4.78, 5) is 0. The van der Waals surface area contributed by atoms with Crippen molar-refractivity contribution in [3.8, 4) is 45.6 Å². The average Bonchev–Trinajstić information content (AvgIpc) is 2.93. The van der Waals surface area contributed by atoms with Crippen molar-refractivity contribution < 1.29 is 24.1 Å². The summed E-state index contributed by atoms with van der Waals surface area (Å²) in [7, 11) is 3.20. The molecule has 4 aromatic rings. The van der Waals surface area contributed by atoms with Crippen LogP contribution in [0.5, 0.6) is 34.5 Å². The van der Waals surface area contributed by atoms with Gasteiger partial charge in [-0.05, 0) is 92.6 Å². The topological polar surface area (TPSA) is 69.2 Å². The summed E-state index contributed by atoms with van der Waals surface area (Å²) >= 11 is 0. The van der Waals surface area contributed by atoms with Crippen molar-refractivity contribution in [2.45, 2.75) is 26.3 Å². The van der Waals surface area contributed by atoms with Crippen LogP contribution in [0.2, 0.25) is 0 Å². The van der Waals surface area contributed by atoms with Crippen molar-refractivity contribution in [2.24, 2.45) is 0 Å². The van der Waals surface area contributed by atoms with Gasteiger partial charge in [-0.1, -0.05) is 24.3 Å². The standard InChI is InChI=1S/C34H31NO5/c1-20-19-34(2,3)35-26-14-13-25-31(30(20)26)29(40-28-16-15-27(36)33(38-5)32(25)28)18-21-7-6-8-24(17-21)39-23-11-9-22(37-4)10-12-23/h6-19,35-36H,1-5H3/b29-18-. The molecular formula is C34H31NO5. The van der Waals surface area contributed by atoms with Crippen LogP contribution in [-0.2, 0) is 0 Å². The summed E-state index contributed by atoms with van der Waals surface area (Å²) in [5.41, 5.74) is 6.56. The van der Waals surface area contributed by atoms with Gasteiger partial charge in [0.2, 0.25) is 0 Å². The van der Waals surface area contributed by atoms with Crippen LogP contribution in [0.3, 0.4) is 0 Å². The highest BCUT2D eigenvalue weighted by atomic mass is 16.5. The first-order valence-corrected chi connectivity index (χ1v) is 13.1. The van der Waals surface area contributed by atoms with E-state index in [-0.39, 0.29) is 11.3 Å². The summed E-state index contributed by atoms with van der Waals surface area (Å²) in [6.07, 6.45) is 4.25. The number of aromatic hydroxyl groups is 1. The maximum absolute atomic E-state index is 10.6. The number of rotatable bonds is 5. The van der Waals surface area contributed by atoms with E-state index in [1.807, 2.05) is 54.6 Å². The van der Waals surface area contributed by atoms with Gasteiger partial charge in [0.05, 0.1) is 25.3 Å². The number of ether oxygens (including phenoxy) is 4. The molecular weight excluding hydrogens is 502 g/mol. The molecule has 2 aliphatic heterocycles. The number of nitrogens with one attached hydrogen (secondary N) is 1. The highest BCUT2D eigenvalue weighted by molar-refractivity contribution is 6.02. The predicted octanol–water partition coefficient (Wildman–Crippen LogP) is 8.37. The van der Waals surface area contributed by atoms with Crippen LogP contribution in [0.4, 0.5) is 5.69 Å². The van der Waals surface area contributed by atoms with Crippen molar-refractivity contribution >= 4 is 23.1 Å². The Morgan fingerprint density at radius 1 is 0.825 bits per heavy atom. The minimum Gasteiger partial charge on any atom is -0.504 e. The third-order valence-corrected chi connectivity index (χ3v) is 7.12. The molecule has 40 heavy (non-hydrogen) atoms. The zero-order valence-electron chi connectivity index (χ0n) is 23.2. The molecule has 0 saturated carbocycles. The monoisotopic (exact) mass is 533 g/mol. The van der Waals surface area contributed by atoms with Gasteiger partial charge in [-0.2, -0.15) is 0 Å². The summed E-state index contributed by atoms with van der Waals surface area (Å²) in [6, 6.07) is 22.9. The summed E-state index contributed by atoms with van der Waals surface area (Å²) in [5, 5.41) is 14.2. The molecule has 6 heteroatoms. The molecule has 0 fully saturated rings. The number of hydrogen-bond donors (Lipinski definition) is 2. The van der Waals surface area contributed by atoms with Crippen molar-refractivity contribution in [1.29, 1.82) is 0 Å². The van der Waals surface area contributed by atoms with Crippen LogP contribution < -0.4 is 24.3 Å². The maximum Gasteiger partial charge on any atom is 0.172 e. The molecule has 2 N–H and O–H groups in total. The molecule has 0 spiro atoms. The first kappa shape index (κ1) is 25.4. The van der Waals surface area contributed by atoms with Gasteiger partial charge >= 0.3 is 0 Å². The lowest BCUT2D eigenvalue weighted by Crippen LogP contribution is -2.32. The molecule has 0 unspecified atom stereocenters. The van der Waals surface area contributed by atoms with E-state index in [1.54, 1.807) is 26.4 Å². The van der Waals surface area contributed by atoms with Crippen LogP contribution in [0.1, 0.15) is 37.5 Å². The lowest BCUT2D eigenvalue weighted by molar-refractivity contribution is 0.371. The molecule has 6 nitrogen and oxygen atoms in total. The van der Waals surface area contributed by atoms with Crippen molar-refractivity contribution in [3.63, 3.8) is 0 Å². The zero-order chi connectivity index (χ0) is 28.0. The Morgan fingerprint density at radius 2 is 1.60 bits per heavy atom. The first-order valence-electron chi connectivity index (χ1n) is 13.1. The van der Waals surface area contributed by atoms with E-state index < -0.39 is 0 Å². The normalized spacial score (nSPS) is 15.5. The van der Waals surface area contributed by atoms with Gasteiger partial charge in [-0.15, -0.1) is 0 Å². The van der Waals surface area contributed by atoms with E-state index >= 15 is 0 Å². The number of methoxy groups -OCH3 is 2. The minimum absolute atomic E-state index is 0.0656. The Morgan fingerprint density at radius 3 is 2.35 bits per heavy atom. The first-order chi connectivity index (χ1) is 19.3. The molecule has 4 aromatic carbocycles. The Hall–Kier alpha value is -4.84. The van der Waals surface area contributed by atoms with E-state index in [1.165, 1.54) is 0 Å². The molecule has 2 heterocycles. The van der Waals surface area contributed by atoms with E-state index in [9.17, 15) is 5.11 Å². The molecule has 0 bridgehead atoms. The molecule has 0 saturated heterocycles. The number of phenolic OH excluding ortho intramolecular Hbond substituents is 1. The second-order valence-electron chi connectivity index (χ2n) is 10.5. The van der Waals surface area contributed by atoms with Gasteiger partial charge in [0.15, 0.2) is 11.5 Å². The quantitative estimate of drug-likeness (QED) is 0.269. The number of phenols is 1. The molecule has 0 aromatic heterocycles. The Labute approximate surface area is 234 Å². The molecule has 0 atom stereocenters. The van der Waals surface area contributed by atoms with Crippen LogP contribution in [0.25, 0.3) is 28.5 Å². The van der Waals surface area contributed by atoms with Crippen LogP contribution in [0, 0.1) is 0 Å². The highest BCUT2D eigenvalue weighted by Crippen LogP contribution is 2.54. The molecule has 0 aliphatic carbocycles. The molecule has 2 aliphatic rings. The Kier molecular flexibility index (Phi) is 6.18. The number of fused-ring (bicyclic) bond motifs is 5. The van der Waals surface area contributed by atoms with Gasteiger partial charge in [-0.3, -0.25) is 0 Å². The van der Waals surface area contributed by atoms with Crippen LogP contribution in [0.15, 0.2) is 78.9 Å². The second-order valence-corrected chi connectivity index (χ2v) is 10.5. The van der Waals surface area contributed by atoms with E-state index in [4.69, 9.17) is 18.9 Å². The number of benzene rings is 4. The van der Waals surface area contributed by atoms with Crippen molar-refractivity contribution in [2.75, 3.05) is 19.5 Å². The number of anilines is 1. The van der Waals surface area contributed by atoms with Crippen molar-refractivity contribution in [1.82, 2.24) is 0 Å². The average molecular weight is 534 g/mol. The van der Waals surface area contributed by atoms with Crippen LogP contribution in [-0.4, -0.2) is 24.9 Å². The van der Waals surface area contributed by atoms with Gasteiger partial charge in [-0.25, -0.2) is 0 Å². The smallest absolute Gasteiger partial charge is 0.172 e. The van der Waals surface area contributed by atoms with Gasteiger partial charge < -0.3 is 29.4 Å². The fraction of sp³-hybridized carbons (Fsp3) is 0.176. The highest BCUT2D eigenvalue weighted by Gasteiger charge is 2.33. The minimum atomic E-state index is -0.189. The third-order valence-electron chi connectivity index (χ3n) is 7.12. The lowest BCUT2D eigenvalue weighted by atomic mass is 9.83. The van der Waals surface area contributed by atoms with E-state index in [0.29, 0.717) is 28.8 Å². The maximum atomic E-state index is 10.6. The van der Waals surface area contributed by atoms with Crippen LogP contribution >= 0.6 is 0 Å². The van der Waals surface area contributed by atoms with Gasteiger partial charge in [0.1, 0.15) is 28.8 Å². The number of allylic oxidation sites excluding steroid dienone is 1. The Balaban J connectivity index is 1.49. The van der Waals surface area contributed by atoms with Gasteiger partial charge in [0.25, 0.3) is 0 Å². The Bertz CT molecular complexity index is 1680. The summed E-state index contributed by atoms with van der Waals surface area (Å²) in [6.45, 7) is 6.42. The van der Waals surface area contributed by atoms with E-state index in [2.05, 4.69) is 44.3 Å².